The van der Waals surface area contributed by atoms with E-state index >= 15 is 0 Å². The van der Waals surface area contributed by atoms with E-state index in [9.17, 15) is 18.0 Å². The molecule has 0 atom stereocenters. The molecular weight excluding hydrogens is 409 g/mol. The van der Waals surface area contributed by atoms with Crippen LogP contribution in [0.15, 0.2) is 28.8 Å². The van der Waals surface area contributed by atoms with Crippen LogP contribution in [0.1, 0.15) is 61.3 Å². The predicted molar refractivity (Wildman–Crippen MR) is 107 cm³/mol. The Labute approximate surface area is 178 Å². The molecule has 3 fully saturated rings. The van der Waals surface area contributed by atoms with E-state index in [1.807, 2.05) is 0 Å². The van der Waals surface area contributed by atoms with E-state index < -0.39 is 17.8 Å². The monoisotopic (exact) mass is 434 g/mol. The third-order valence-corrected chi connectivity index (χ3v) is 7.29. The summed E-state index contributed by atoms with van der Waals surface area (Å²) in [6.45, 7) is 1.12. The number of benzene rings is 1. The van der Waals surface area contributed by atoms with Crippen LogP contribution in [0.25, 0.3) is 11.3 Å². The number of likely N-dealkylation sites (tertiary alicyclic amines) is 1. The fourth-order valence-corrected chi connectivity index (χ4v) is 5.51. The highest BCUT2D eigenvalue weighted by Gasteiger charge is 2.47. The molecule has 2 saturated carbocycles. The molecule has 2 aliphatic carbocycles. The lowest BCUT2D eigenvalue weighted by Crippen LogP contribution is -2.48. The molecule has 1 aromatic carbocycles. The number of hydrogen-bond donors (Lipinski definition) is 1. The van der Waals surface area contributed by atoms with Gasteiger partial charge in [0, 0.05) is 30.1 Å². The van der Waals surface area contributed by atoms with Gasteiger partial charge in [-0.15, -0.1) is 0 Å². The van der Waals surface area contributed by atoms with E-state index in [1.54, 1.807) is 6.07 Å². The van der Waals surface area contributed by atoms with E-state index in [0.29, 0.717) is 31.1 Å². The molecule has 1 spiro atoms. The number of alkyl halides is 3. The van der Waals surface area contributed by atoms with Gasteiger partial charge in [0.25, 0.3) is 0 Å². The smallest absolute Gasteiger partial charge is 0.417 e. The number of nitrogens with zero attached hydrogens (tertiary/aromatic N) is 2. The summed E-state index contributed by atoms with van der Waals surface area (Å²) in [5.74, 6) is 1.39. The van der Waals surface area contributed by atoms with Crippen molar-refractivity contribution in [1.29, 1.82) is 0 Å². The average Bonchev–Trinajstić information content (AvgIpc) is 3.47. The first-order chi connectivity index (χ1) is 14.8. The number of halogens is 3. The molecule has 5 nitrogen and oxygen atoms in total. The van der Waals surface area contributed by atoms with Gasteiger partial charge in [-0.3, -0.25) is 0 Å². The second-order valence-corrected chi connectivity index (χ2v) is 9.44. The first kappa shape index (κ1) is 20.4. The second kappa shape index (κ2) is 7.28. The summed E-state index contributed by atoms with van der Waals surface area (Å²) in [4.78, 5) is 12.6. The Bertz CT molecular complexity index is 980. The first-order valence-corrected chi connectivity index (χ1v) is 10.9. The van der Waals surface area contributed by atoms with Gasteiger partial charge >= 0.3 is 12.3 Å². The maximum absolute atomic E-state index is 13.6. The summed E-state index contributed by atoms with van der Waals surface area (Å²) in [6.07, 6.45) is 1.01. The highest BCUT2D eigenvalue weighted by Crippen LogP contribution is 2.55. The summed E-state index contributed by atoms with van der Waals surface area (Å²) < 4.78 is 46.4. The summed E-state index contributed by atoms with van der Waals surface area (Å²) in [5, 5.41) is 13.3. The van der Waals surface area contributed by atoms with Crippen LogP contribution in [0.2, 0.25) is 0 Å². The van der Waals surface area contributed by atoms with Crippen LogP contribution in [0.4, 0.5) is 18.0 Å². The quantitative estimate of drug-likeness (QED) is 0.646. The van der Waals surface area contributed by atoms with E-state index in [0.717, 1.165) is 55.9 Å². The normalized spacial score (nSPS) is 21.3. The van der Waals surface area contributed by atoms with Gasteiger partial charge in [0.2, 0.25) is 0 Å². The van der Waals surface area contributed by atoms with Gasteiger partial charge in [-0.05, 0) is 62.3 Å². The molecule has 3 aliphatic rings. The summed E-state index contributed by atoms with van der Waals surface area (Å²) in [6, 6.07) is 5.57. The van der Waals surface area contributed by atoms with Gasteiger partial charge in [-0.25, -0.2) is 4.79 Å². The first-order valence-electron chi connectivity index (χ1n) is 10.9. The van der Waals surface area contributed by atoms with E-state index in [1.165, 1.54) is 17.0 Å². The summed E-state index contributed by atoms with van der Waals surface area (Å²) in [7, 11) is 0. The molecule has 0 unspecified atom stereocenters. The molecule has 0 bridgehead atoms. The summed E-state index contributed by atoms with van der Waals surface area (Å²) >= 11 is 0. The number of carbonyl (C=O) groups is 1. The molecule has 1 N–H and O–H groups in total. The molecule has 31 heavy (non-hydrogen) atoms. The maximum atomic E-state index is 13.6. The molecule has 2 heterocycles. The van der Waals surface area contributed by atoms with Crippen molar-refractivity contribution in [1.82, 2.24) is 10.1 Å². The van der Waals surface area contributed by atoms with Gasteiger partial charge in [0.05, 0.1) is 5.56 Å². The molecule has 2 aromatic rings. The van der Waals surface area contributed by atoms with Crippen LogP contribution in [0.5, 0.6) is 0 Å². The lowest BCUT2D eigenvalue weighted by Gasteiger charge is -2.52. The molecule has 8 heteroatoms. The molecule has 166 valence electrons. The van der Waals surface area contributed by atoms with Crippen LogP contribution in [0, 0.1) is 11.3 Å². The molecule has 1 saturated heterocycles. The standard InChI is InChI=1S/C23H25F3N2O3/c24-23(25,26)18-4-2-1-3-16(18)19-17(20(31-27-19)15-5-6-15)11-14-12-22(13-14)7-9-28(10-8-22)21(29)30/h1-4,14-15H,5-13H2,(H,29,30). The SMILES string of the molecule is O=C(O)N1CCC2(CC1)CC(Cc1c(-c3ccccc3C(F)(F)F)noc1C1CC1)C2. The van der Waals surface area contributed by atoms with Crippen LogP contribution < -0.4 is 0 Å². The van der Waals surface area contributed by atoms with Crippen molar-refractivity contribution >= 4 is 6.09 Å². The Balaban J connectivity index is 1.37. The fraction of sp³-hybridized carbons (Fsp3) is 0.565. The van der Waals surface area contributed by atoms with Gasteiger partial charge in [0.15, 0.2) is 0 Å². The van der Waals surface area contributed by atoms with Crippen molar-refractivity contribution in [2.24, 2.45) is 11.3 Å². The molecule has 1 aromatic heterocycles. The van der Waals surface area contributed by atoms with E-state index in [4.69, 9.17) is 9.63 Å². The average molecular weight is 434 g/mol. The Kier molecular flexibility index (Phi) is 4.79. The Morgan fingerprint density at radius 1 is 1.19 bits per heavy atom. The second-order valence-electron chi connectivity index (χ2n) is 9.44. The third kappa shape index (κ3) is 3.81. The predicted octanol–water partition coefficient (Wildman–Crippen LogP) is 5.95. The zero-order valence-corrected chi connectivity index (χ0v) is 17.1. The highest BCUT2D eigenvalue weighted by atomic mass is 19.4. The topological polar surface area (TPSA) is 66.6 Å². The van der Waals surface area contributed by atoms with E-state index in [2.05, 4.69) is 5.16 Å². The Morgan fingerprint density at radius 2 is 1.87 bits per heavy atom. The zero-order chi connectivity index (χ0) is 21.8. The van der Waals surface area contributed by atoms with Crippen molar-refractivity contribution in [3.8, 4) is 11.3 Å². The minimum Gasteiger partial charge on any atom is -0.465 e. The maximum Gasteiger partial charge on any atom is 0.417 e. The van der Waals surface area contributed by atoms with Crippen LogP contribution in [-0.2, 0) is 12.6 Å². The van der Waals surface area contributed by atoms with Crippen LogP contribution in [-0.4, -0.2) is 34.3 Å². The van der Waals surface area contributed by atoms with Crippen LogP contribution >= 0.6 is 0 Å². The largest absolute Gasteiger partial charge is 0.465 e. The minimum atomic E-state index is -4.45. The van der Waals surface area contributed by atoms with Gasteiger partial charge in [0.1, 0.15) is 11.5 Å². The molecule has 1 amide bonds. The van der Waals surface area contributed by atoms with Gasteiger partial charge in [-0.2, -0.15) is 13.2 Å². The fourth-order valence-electron chi connectivity index (χ4n) is 5.51. The number of aromatic nitrogens is 1. The molecule has 5 rings (SSSR count). The van der Waals surface area contributed by atoms with Crippen molar-refractivity contribution < 1.29 is 27.6 Å². The molecule has 1 aliphatic heterocycles. The highest BCUT2D eigenvalue weighted by molar-refractivity contribution is 5.68. The summed E-state index contributed by atoms with van der Waals surface area (Å²) in [5.41, 5.74) is 0.748. The van der Waals surface area contributed by atoms with Crippen molar-refractivity contribution in [3.05, 3.63) is 41.2 Å². The van der Waals surface area contributed by atoms with Gasteiger partial charge < -0.3 is 14.5 Å². The van der Waals surface area contributed by atoms with Crippen LogP contribution in [0.3, 0.4) is 0 Å². The lowest BCUT2D eigenvalue weighted by atomic mass is 9.56. The third-order valence-electron chi connectivity index (χ3n) is 7.29. The number of rotatable bonds is 4. The zero-order valence-electron chi connectivity index (χ0n) is 17.1. The molecule has 0 radical (unpaired) electrons. The Hall–Kier alpha value is -2.51. The number of piperidine rings is 1. The molecular formula is C23H25F3N2O3. The van der Waals surface area contributed by atoms with Crippen molar-refractivity contribution in [3.63, 3.8) is 0 Å². The van der Waals surface area contributed by atoms with Crippen molar-refractivity contribution in [2.75, 3.05) is 13.1 Å². The minimum absolute atomic E-state index is 0.0875. The number of hydrogen-bond acceptors (Lipinski definition) is 3. The van der Waals surface area contributed by atoms with E-state index in [-0.39, 0.29) is 16.9 Å². The number of amides is 1. The van der Waals surface area contributed by atoms with Crippen molar-refractivity contribution in [2.45, 2.75) is 57.0 Å². The lowest BCUT2D eigenvalue weighted by molar-refractivity contribution is -0.137. The van der Waals surface area contributed by atoms with Gasteiger partial charge in [-0.1, -0.05) is 23.4 Å². The Morgan fingerprint density at radius 3 is 2.48 bits per heavy atom. The number of carboxylic acid groups (broad SMARTS) is 1.